The number of rotatable bonds is 4. The normalized spacial score (nSPS) is 10.5. The highest BCUT2D eigenvalue weighted by Crippen LogP contribution is 1.96. The molecule has 0 aromatic carbocycles. The molecule has 0 radical (unpaired) electrons. The molecule has 0 aliphatic carbocycles. The summed E-state index contributed by atoms with van der Waals surface area (Å²) in [6.07, 6.45) is 10.7. The zero-order chi connectivity index (χ0) is 12.1. The summed E-state index contributed by atoms with van der Waals surface area (Å²) in [6.45, 7) is 5.23. The fourth-order valence-electron chi connectivity index (χ4n) is 1.82. The van der Waals surface area contributed by atoms with Crippen LogP contribution in [0.4, 0.5) is 0 Å². The van der Waals surface area contributed by atoms with Crippen molar-refractivity contribution in [1.82, 2.24) is 0 Å². The van der Waals surface area contributed by atoms with E-state index < -0.39 is 0 Å². The van der Waals surface area contributed by atoms with Crippen molar-refractivity contribution in [2.75, 3.05) is 0 Å². The maximum absolute atomic E-state index is 2.19. The van der Waals surface area contributed by atoms with E-state index in [1.807, 2.05) is 0 Å². The Morgan fingerprint density at radius 2 is 1.06 bits per heavy atom. The van der Waals surface area contributed by atoms with E-state index in [9.17, 15) is 0 Å². The van der Waals surface area contributed by atoms with Gasteiger partial charge in [-0.3, -0.25) is 0 Å². The second-order valence-electron chi connectivity index (χ2n) is 4.29. The van der Waals surface area contributed by atoms with Gasteiger partial charge in [0, 0.05) is 24.3 Å². The lowest BCUT2D eigenvalue weighted by molar-refractivity contribution is -0.913. The van der Waals surface area contributed by atoms with E-state index in [-0.39, 0.29) is 0 Å². The molecular weight excluding hydrogens is 208 g/mol. The van der Waals surface area contributed by atoms with Crippen molar-refractivity contribution >= 4 is 0 Å². The molecule has 0 bridgehead atoms. The molecule has 0 unspecified atom stereocenters. The van der Waals surface area contributed by atoms with Crippen LogP contribution in [-0.2, 0) is 19.5 Å². The van der Waals surface area contributed by atoms with Crippen LogP contribution in [-0.4, -0.2) is 0 Å². The Balaban J connectivity index is 2.08. The third-order valence-corrected chi connectivity index (χ3v) is 3.06. The molecule has 17 heavy (non-hydrogen) atoms. The SMILES string of the molecule is CCc1cc[n+](C[n+]2ccc(CC)cc2)cc1. The zero-order valence-corrected chi connectivity index (χ0v) is 10.6. The second-order valence-corrected chi connectivity index (χ2v) is 4.29. The van der Waals surface area contributed by atoms with Crippen LogP contribution in [0.2, 0.25) is 0 Å². The maximum atomic E-state index is 2.19. The van der Waals surface area contributed by atoms with E-state index in [4.69, 9.17) is 0 Å². The van der Waals surface area contributed by atoms with Crippen molar-refractivity contribution in [3.63, 3.8) is 0 Å². The number of pyridine rings is 2. The third kappa shape index (κ3) is 3.13. The molecule has 2 aromatic heterocycles. The Bertz CT molecular complexity index is 412. The van der Waals surface area contributed by atoms with E-state index >= 15 is 0 Å². The lowest BCUT2D eigenvalue weighted by Crippen LogP contribution is -2.50. The van der Waals surface area contributed by atoms with Gasteiger partial charge in [-0.05, 0) is 24.0 Å². The summed E-state index contributed by atoms with van der Waals surface area (Å²) in [4.78, 5) is 0. The smallest absolute Gasteiger partial charge is 0.147 e. The molecule has 2 heteroatoms. The number of nitrogens with zero attached hydrogens (tertiary/aromatic N) is 2. The summed E-state index contributed by atoms with van der Waals surface area (Å²) in [5.41, 5.74) is 2.76. The molecule has 0 saturated carbocycles. The van der Waals surface area contributed by atoms with E-state index in [2.05, 4.69) is 72.0 Å². The van der Waals surface area contributed by atoms with Gasteiger partial charge in [-0.1, -0.05) is 13.8 Å². The summed E-state index contributed by atoms with van der Waals surface area (Å²) >= 11 is 0. The number of hydrogen-bond acceptors (Lipinski definition) is 0. The first-order valence-electron chi connectivity index (χ1n) is 6.27. The molecule has 0 amide bonds. The first-order chi connectivity index (χ1) is 8.31. The van der Waals surface area contributed by atoms with Crippen LogP contribution in [0, 0.1) is 0 Å². The van der Waals surface area contributed by atoms with Crippen LogP contribution in [0.15, 0.2) is 49.1 Å². The molecular formula is C15H20N2+2. The highest BCUT2D eigenvalue weighted by molar-refractivity contribution is 5.07. The second kappa shape index (κ2) is 5.58. The highest BCUT2D eigenvalue weighted by Gasteiger charge is 2.06. The lowest BCUT2D eigenvalue weighted by atomic mass is 10.2. The van der Waals surface area contributed by atoms with Crippen molar-refractivity contribution in [3.05, 3.63) is 60.2 Å². The van der Waals surface area contributed by atoms with Crippen LogP contribution in [0.1, 0.15) is 25.0 Å². The maximum Gasteiger partial charge on any atom is 0.343 e. The van der Waals surface area contributed by atoms with E-state index in [1.165, 1.54) is 11.1 Å². The lowest BCUT2D eigenvalue weighted by Gasteiger charge is -1.97. The molecule has 2 aromatic rings. The van der Waals surface area contributed by atoms with Gasteiger partial charge in [0.05, 0.1) is 0 Å². The molecule has 2 nitrogen and oxygen atoms in total. The van der Waals surface area contributed by atoms with Crippen molar-refractivity contribution in [1.29, 1.82) is 0 Å². The average molecular weight is 228 g/mol. The predicted octanol–water partition coefficient (Wildman–Crippen LogP) is 1.89. The van der Waals surface area contributed by atoms with Crippen LogP contribution in [0.3, 0.4) is 0 Å². The molecule has 0 spiro atoms. The van der Waals surface area contributed by atoms with Crippen LogP contribution >= 0.6 is 0 Å². The quantitative estimate of drug-likeness (QED) is 0.706. The Labute approximate surface area is 103 Å². The van der Waals surface area contributed by atoms with E-state index in [0.717, 1.165) is 19.5 Å². The molecule has 0 atom stereocenters. The highest BCUT2D eigenvalue weighted by atomic mass is 15.1. The van der Waals surface area contributed by atoms with Gasteiger partial charge in [0.2, 0.25) is 0 Å². The molecule has 88 valence electrons. The summed E-state index contributed by atoms with van der Waals surface area (Å²) in [7, 11) is 0. The molecule has 0 aliphatic heterocycles. The molecule has 0 N–H and O–H groups in total. The summed E-state index contributed by atoms with van der Waals surface area (Å²) < 4.78 is 4.37. The van der Waals surface area contributed by atoms with Gasteiger partial charge in [-0.25, -0.2) is 0 Å². The molecule has 0 aliphatic rings. The van der Waals surface area contributed by atoms with Crippen LogP contribution < -0.4 is 9.13 Å². The van der Waals surface area contributed by atoms with Crippen LogP contribution in [0.25, 0.3) is 0 Å². The van der Waals surface area contributed by atoms with Crippen LogP contribution in [0.5, 0.6) is 0 Å². The molecule has 0 fully saturated rings. The molecule has 2 heterocycles. The zero-order valence-electron chi connectivity index (χ0n) is 10.6. The van der Waals surface area contributed by atoms with Gasteiger partial charge in [-0.2, -0.15) is 0 Å². The summed E-state index contributed by atoms with van der Waals surface area (Å²) in [6, 6.07) is 8.73. The average Bonchev–Trinajstić information content (AvgIpc) is 2.40. The van der Waals surface area contributed by atoms with Gasteiger partial charge < -0.3 is 0 Å². The number of aryl methyl sites for hydroxylation is 2. The van der Waals surface area contributed by atoms with Crippen molar-refractivity contribution in [2.45, 2.75) is 33.4 Å². The van der Waals surface area contributed by atoms with Gasteiger partial charge in [0.15, 0.2) is 24.8 Å². The summed E-state index contributed by atoms with van der Waals surface area (Å²) in [5, 5.41) is 0. The number of aromatic nitrogens is 2. The Morgan fingerprint density at radius 1 is 0.706 bits per heavy atom. The van der Waals surface area contributed by atoms with Crippen molar-refractivity contribution in [3.8, 4) is 0 Å². The van der Waals surface area contributed by atoms with E-state index in [0.29, 0.717) is 0 Å². The summed E-state index contributed by atoms with van der Waals surface area (Å²) in [5.74, 6) is 0. The third-order valence-electron chi connectivity index (χ3n) is 3.06. The standard InChI is InChI=1S/C15H20N2/c1-3-14-5-9-16(10-6-14)13-17-11-7-15(4-2)8-12-17/h5-12H,3-4,13H2,1-2H3/q+2. The van der Waals surface area contributed by atoms with Gasteiger partial charge in [0.25, 0.3) is 0 Å². The minimum absolute atomic E-state index is 0.869. The first-order valence-corrected chi connectivity index (χ1v) is 6.27. The fraction of sp³-hybridized carbons (Fsp3) is 0.333. The predicted molar refractivity (Wildman–Crippen MR) is 67.4 cm³/mol. The largest absolute Gasteiger partial charge is 0.343 e. The minimum Gasteiger partial charge on any atom is -0.147 e. The Hall–Kier alpha value is -1.70. The topological polar surface area (TPSA) is 7.76 Å². The number of hydrogen-bond donors (Lipinski definition) is 0. The fourth-order valence-corrected chi connectivity index (χ4v) is 1.82. The monoisotopic (exact) mass is 228 g/mol. The van der Waals surface area contributed by atoms with E-state index in [1.54, 1.807) is 0 Å². The first kappa shape index (κ1) is 11.8. The van der Waals surface area contributed by atoms with Gasteiger partial charge in [-0.15, -0.1) is 9.13 Å². The minimum atomic E-state index is 0.869. The Kier molecular flexibility index (Phi) is 3.86. The van der Waals surface area contributed by atoms with Crippen molar-refractivity contribution < 1.29 is 9.13 Å². The van der Waals surface area contributed by atoms with Gasteiger partial charge >= 0.3 is 6.67 Å². The Morgan fingerprint density at radius 3 is 1.35 bits per heavy atom. The molecule has 0 saturated heterocycles. The van der Waals surface area contributed by atoms with Crippen molar-refractivity contribution in [2.24, 2.45) is 0 Å². The molecule has 2 rings (SSSR count). The van der Waals surface area contributed by atoms with Gasteiger partial charge in [0.1, 0.15) is 0 Å².